The second kappa shape index (κ2) is 6.91. The Bertz CT molecular complexity index is 570. The highest BCUT2D eigenvalue weighted by Crippen LogP contribution is 2.31. The van der Waals surface area contributed by atoms with E-state index in [-0.39, 0.29) is 0 Å². The van der Waals surface area contributed by atoms with Crippen molar-refractivity contribution in [3.63, 3.8) is 0 Å². The number of benzene rings is 1. The lowest BCUT2D eigenvalue weighted by Gasteiger charge is -2.11. The third-order valence-electron chi connectivity index (χ3n) is 2.99. The number of hydrogen-bond donors (Lipinski definition) is 1. The highest BCUT2D eigenvalue weighted by Gasteiger charge is 2.07. The van der Waals surface area contributed by atoms with Gasteiger partial charge in [0.25, 0.3) is 0 Å². The second-order valence-electron chi connectivity index (χ2n) is 4.44. The minimum atomic E-state index is 0.570. The molecule has 0 amide bonds. The highest BCUT2D eigenvalue weighted by atomic mass is 16.5. The predicted octanol–water partition coefficient (Wildman–Crippen LogP) is 3.16. The molecule has 0 saturated heterocycles. The summed E-state index contributed by atoms with van der Waals surface area (Å²) in [4.78, 5) is 4.44. The Morgan fingerprint density at radius 3 is 2.70 bits per heavy atom. The molecule has 1 N–H and O–H groups in total. The molecule has 0 spiro atoms. The normalized spacial score (nSPS) is 10.3. The van der Waals surface area contributed by atoms with Crippen molar-refractivity contribution < 1.29 is 9.47 Å². The summed E-state index contributed by atoms with van der Waals surface area (Å²) in [5.41, 5.74) is 2.15. The Balaban J connectivity index is 2.22. The van der Waals surface area contributed by atoms with E-state index in [0.29, 0.717) is 18.2 Å². The van der Waals surface area contributed by atoms with Crippen molar-refractivity contribution in [3.05, 3.63) is 47.7 Å². The summed E-state index contributed by atoms with van der Waals surface area (Å²) in [5.74, 6) is 1.98. The lowest BCUT2D eigenvalue weighted by Crippen LogP contribution is -2.07. The number of methoxy groups -OCH3 is 1. The molecule has 20 heavy (non-hydrogen) atoms. The van der Waals surface area contributed by atoms with Gasteiger partial charge >= 0.3 is 0 Å². The Morgan fingerprint density at radius 2 is 2.00 bits per heavy atom. The van der Waals surface area contributed by atoms with Crippen molar-refractivity contribution >= 4 is 0 Å². The van der Waals surface area contributed by atoms with E-state index in [9.17, 15) is 0 Å². The number of hydrogen-bond acceptors (Lipinski definition) is 4. The number of pyridine rings is 1. The van der Waals surface area contributed by atoms with E-state index in [0.717, 1.165) is 17.9 Å². The summed E-state index contributed by atoms with van der Waals surface area (Å²) in [6.45, 7) is 2.82. The number of ether oxygens (including phenoxy) is 2. The van der Waals surface area contributed by atoms with Gasteiger partial charge in [-0.3, -0.25) is 0 Å². The summed E-state index contributed by atoms with van der Waals surface area (Å²) in [6.07, 6.45) is 0.965. The van der Waals surface area contributed by atoms with Crippen LogP contribution in [-0.2, 0) is 13.0 Å². The summed E-state index contributed by atoms with van der Waals surface area (Å²) >= 11 is 0. The van der Waals surface area contributed by atoms with Gasteiger partial charge in [-0.15, -0.1) is 0 Å². The Kier molecular flexibility index (Phi) is 4.96. The standard InChI is InChI=1S/C16H20N2O2/c1-4-12-8-9-14(15(10-12)19-3)20-16-7-5-6-13(18-16)11-17-2/h5-10,17H,4,11H2,1-3H3. The van der Waals surface area contributed by atoms with Crippen molar-refractivity contribution in [3.8, 4) is 17.4 Å². The van der Waals surface area contributed by atoms with Crippen LogP contribution in [0.25, 0.3) is 0 Å². The monoisotopic (exact) mass is 272 g/mol. The minimum Gasteiger partial charge on any atom is -0.493 e. The number of nitrogens with one attached hydrogen (secondary N) is 1. The first-order valence-electron chi connectivity index (χ1n) is 6.72. The first kappa shape index (κ1) is 14.3. The maximum absolute atomic E-state index is 5.82. The zero-order chi connectivity index (χ0) is 14.4. The summed E-state index contributed by atoms with van der Waals surface area (Å²) in [6, 6.07) is 11.7. The van der Waals surface area contributed by atoms with Gasteiger partial charge in [0.1, 0.15) is 0 Å². The quantitative estimate of drug-likeness (QED) is 0.877. The lowest BCUT2D eigenvalue weighted by atomic mass is 10.1. The number of aromatic nitrogens is 1. The molecule has 0 saturated carbocycles. The van der Waals surface area contributed by atoms with Gasteiger partial charge in [0.15, 0.2) is 11.5 Å². The molecule has 0 fully saturated rings. The molecule has 0 radical (unpaired) electrons. The van der Waals surface area contributed by atoms with E-state index in [4.69, 9.17) is 9.47 Å². The van der Waals surface area contributed by atoms with Crippen LogP contribution in [0.15, 0.2) is 36.4 Å². The molecule has 0 unspecified atom stereocenters. The van der Waals surface area contributed by atoms with Crippen LogP contribution >= 0.6 is 0 Å². The molecule has 2 rings (SSSR count). The van der Waals surface area contributed by atoms with Crippen LogP contribution in [0, 0.1) is 0 Å². The smallest absolute Gasteiger partial charge is 0.219 e. The van der Waals surface area contributed by atoms with Crippen LogP contribution in [0.4, 0.5) is 0 Å². The molecular formula is C16H20N2O2. The van der Waals surface area contributed by atoms with Crippen LogP contribution in [0.2, 0.25) is 0 Å². The average Bonchev–Trinajstić information content (AvgIpc) is 2.48. The fraction of sp³-hybridized carbons (Fsp3) is 0.312. The molecule has 4 heteroatoms. The van der Waals surface area contributed by atoms with Gasteiger partial charge in [-0.25, -0.2) is 4.98 Å². The van der Waals surface area contributed by atoms with Crippen LogP contribution in [0.5, 0.6) is 17.4 Å². The molecule has 0 bridgehead atoms. The summed E-state index contributed by atoms with van der Waals surface area (Å²) in [7, 11) is 3.54. The van der Waals surface area contributed by atoms with E-state index in [1.54, 1.807) is 7.11 Å². The fourth-order valence-corrected chi connectivity index (χ4v) is 1.92. The first-order chi connectivity index (χ1) is 9.76. The maximum Gasteiger partial charge on any atom is 0.219 e. The number of rotatable bonds is 6. The van der Waals surface area contributed by atoms with E-state index in [1.165, 1.54) is 5.56 Å². The summed E-state index contributed by atoms with van der Waals surface area (Å²) < 4.78 is 11.2. The fourth-order valence-electron chi connectivity index (χ4n) is 1.92. The van der Waals surface area contributed by atoms with Gasteiger partial charge < -0.3 is 14.8 Å². The van der Waals surface area contributed by atoms with Crippen LogP contribution in [-0.4, -0.2) is 19.1 Å². The lowest BCUT2D eigenvalue weighted by molar-refractivity contribution is 0.373. The first-order valence-corrected chi connectivity index (χ1v) is 6.72. The molecule has 1 aromatic carbocycles. The Morgan fingerprint density at radius 1 is 1.15 bits per heavy atom. The minimum absolute atomic E-state index is 0.570. The van der Waals surface area contributed by atoms with E-state index >= 15 is 0 Å². The third-order valence-corrected chi connectivity index (χ3v) is 2.99. The van der Waals surface area contributed by atoms with Crippen molar-refractivity contribution in [2.45, 2.75) is 19.9 Å². The Labute approximate surface area is 119 Å². The van der Waals surface area contributed by atoms with Gasteiger partial charge in [-0.05, 0) is 37.2 Å². The number of aryl methyl sites for hydroxylation is 1. The van der Waals surface area contributed by atoms with Gasteiger partial charge in [0.05, 0.1) is 12.8 Å². The molecule has 1 heterocycles. The molecule has 4 nitrogen and oxygen atoms in total. The predicted molar refractivity (Wildman–Crippen MR) is 79.4 cm³/mol. The molecular weight excluding hydrogens is 252 g/mol. The SMILES string of the molecule is CCc1ccc(Oc2cccc(CNC)n2)c(OC)c1. The van der Waals surface area contributed by atoms with Gasteiger partial charge in [0, 0.05) is 12.6 Å². The van der Waals surface area contributed by atoms with Gasteiger partial charge in [-0.1, -0.05) is 19.1 Å². The van der Waals surface area contributed by atoms with Crippen LogP contribution in [0.3, 0.4) is 0 Å². The van der Waals surface area contributed by atoms with E-state index in [1.807, 2.05) is 43.4 Å². The topological polar surface area (TPSA) is 43.4 Å². The molecule has 0 aliphatic carbocycles. The summed E-state index contributed by atoms with van der Waals surface area (Å²) in [5, 5.41) is 3.07. The van der Waals surface area contributed by atoms with Gasteiger partial charge in [-0.2, -0.15) is 0 Å². The van der Waals surface area contributed by atoms with Crippen molar-refractivity contribution in [1.82, 2.24) is 10.3 Å². The van der Waals surface area contributed by atoms with Gasteiger partial charge in [0.2, 0.25) is 5.88 Å². The van der Waals surface area contributed by atoms with Crippen molar-refractivity contribution in [1.29, 1.82) is 0 Å². The van der Waals surface area contributed by atoms with Crippen LogP contribution < -0.4 is 14.8 Å². The second-order valence-corrected chi connectivity index (χ2v) is 4.44. The van der Waals surface area contributed by atoms with E-state index in [2.05, 4.69) is 17.2 Å². The zero-order valence-electron chi connectivity index (χ0n) is 12.1. The molecule has 0 atom stereocenters. The molecule has 0 aliphatic rings. The van der Waals surface area contributed by atoms with Crippen LogP contribution in [0.1, 0.15) is 18.2 Å². The molecule has 1 aromatic heterocycles. The molecule has 106 valence electrons. The Hall–Kier alpha value is -2.07. The number of nitrogens with zero attached hydrogens (tertiary/aromatic N) is 1. The molecule has 0 aliphatic heterocycles. The molecule has 2 aromatic rings. The largest absolute Gasteiger partial charge is 0.493 e. The highest BCUT2D eigenvalue weighted by molar-refractivity contribution is 5.44. The third kappa shape index (κ3) is 3.48. The van der Waals surface area contributed by atoms with Crippen molar-refractivity contribution in [2.75, 3.05) is 14.2 Å². The average molecular weight is 272 g/mol. The van der Waals surface area contributed by atoms with E-state index < -0.39 is 0 Å². The zero-order valence-corrected chi connectivity index (χ0v) is 12.1. The maximum atomic E-state index is 5.82. The van der Waals surface area contributed by atoms with Crippen molar-refractivity contribution in [2.24, 2.45) is 0 Å².